The second-order valence-corrected chi connectivity index (χ2v) is 8.97. The molecule has 0 saturated carbocycles. The van der Waals surface area contributed by atoms with Crippen LogP contribution in [0.2, 0.25) is 0 Å². The lowest BCUT2D eigenvalue weighted by Gasteiger charge is -2.33. The van der Waals surface area contributed by atoms with Gasteiger partial charge in [-0.15, -0.1) is 10.2 Å². The average molecular weight is 483 g/mol. The molecule has 2 heterocycles. The predicted molar refractivity (Wildman–Crippen MR) is 128 cm³/mol. The van der Waals surface area contributed by atoms with Crippen LogP contribution in [0, 0.1) is 5.82 Å². The Bertz CT molecular complexity index is 1120. The van der Waals surface area contributed by atoms with Crippen molar-refractivity contribution < 1.29 is 18.7 Å². The van der Waals surface area contributed by atoms with E-state index >= 15 is 0 Å². The number of benzene rings is 2. The molecule has 34 heavy (non-hydrogen) atoms. The number of rotatable bonds is 8. The minimum atomic E-state index is -0.529. The summed E-state index contributed by atoms with van der Waals surface area (Å²) >= 11 is 1.29. The molecule has 2 aromatic carbocycles. The largest absolute Gasteiger partial charge is 0.464 e. The third-order valence-electron chi connectivity index (χ3n) is 5.71. The molecule has 3 aromatic rings. The maximum absolute atomic E-state index is 13.5. The number of hydrogen-bond acceptors (Lipinski definition) is 6. The van der Waals surface area contributed by atoms with Crippen LogP contribution in [0.3, 0.4) is 0 Å². The normalized spacial score (nSPS) is 15.8. The van der Waals surface area contributed by atoms with Crippen LogP contribution < -0.4 is 0 Å². The van der Waals surface area contributed by atoms with Crippen molar-refractivity contribution in [1.29, 1.82) is 0 Å². The van der Waals surface area contributed by atoms with Crippen molar-refractivity contribution in [3.63, 3.8) is 0 Å². The molecule has 1 unspecified atom stereocenters. The Morgan fingerprint density at radius 1 is 1.09 bits per heavy atom. The first kappa shape index (κ1) is 23.9. The van der Waals surface area contributed by atoms with E-state index in [1.165, 1.54) is 23.9 Å². The molecule has 1 atom stereocenters. The Balaban J connectivity index is 1.54. The SMILES string of the molecule is CCOC(=O)C1CCCCN1C(=O)CSc1nnc(-c2ccc(F)cc2)n1Cc1ccccc1. The van der Waals surface area contributed by atoms with E-state index in [1.54, 1.807) is 24.0 Å². The highest BCUT2D eigenvalue weighted by atomic mass is 32.2. The molecular formula is C25H27FN4O3S. The number of thioether (sulfide) groups is 1. The Labute approximate surface area is 202 Å². The average Bonchev–Trinajstić information content (AvgIpc) is 3.26. The van der Waals surface area contributed by atoms with E-state index in [4.69, 9.17) is 4.74 Å². The molecule has 1 aromatic heterocycles. The number of piperidine rings is 1. The molecule has 0 N–H and O–H groups in total. The first-order valence-corrected chi connectivity index (χ1v) is 12.4. The summed E-state index contributed by atoms with van der Waals surface area (Å²) in [5, 5.41) is 9.26. The molecule has 0 aliphatic carbocycles. The molecule has 178 valence electrons. The van der Waals surface area contributed by atoms with Gasteiger partial charge in [-0.25, -0.2) is 9.18 Å². The van der Waals surface area contributed by atoms with Gasteiger partial charge in [0.1, 0.15) is 11.9 Å². The summed E-state index contributed by atoms with van der Waals surface area (Å²) in [6.07, 6.45) is 2.38. The molecule has 0 bridgehead atoms. The summed E-state index contributed by atoms with van der Waals surface area (Å²) in [6, 6.07) is 15.5. The van der Waals surface area contributed by atoms with Crippen molar-refractivity contribution in [3.05, 3.63) is 66.0 Å². The van der Waals surface area contributed by atoms with Crippen LogP contribution in [0.15, 0.2) is 59.8 Å². The lowest BCUT2D eigenvalue weighted by Crippen LogP contribution is -2.49. The Kier molecular flexibility index (Phi) is 7.95. The molecule has 1 saturated heterocycles. The summed E-state index contributed by atoms with van der Waals surface area (Å²) < 4.78 is 20.6. The van der Waals surface area contributed by atoms with E-state index < -0.39 is 6.04 Å². The first-order chi connectivity index (χ1) is 16.6. The quantitative estimate of drug-likeness (QED) is 0.354. The van der Waals surface area contributed by atoms with Gasteiger partial charge in [-0.2, -0.15) is 0 Å². The van der Waals surface area contributed by atoms with Gasteiger partial charge in [0.15, 0.2) is 11.0 Å². The fourth-order valence-corrected chi connectivity index (χ4v) is 4.86. The molecule has 7 nitrogen and oxygen atoms in total. The number of carbonyl (C=O) groups is 2. The predicted octanol–water partition coefficient (Wildman–Crippen LogP) is 4.17. The van der Waals surface area contributed by atoms with Crippen LogP contribution in [0.5, 0.6) is 0 Å². The van der Waals surface area contributed by atoms with Crippen LogP contribution >= 0.6 is 11.8 Å². The summed E-state index contributed by atoms with van der Waals surface area (Å²) in [6.45, 7) is 3.11. The van der Waals surface area contributed by atoms with Gasteiger partial charge in [0, 0.05) is 12.1 Å². The monoisotopic (exact) mass is 482 g/mol. The van der Waals surface area contributed by atoms with Crippen molar-refractivity contribution in [2.24, 2.45) is 0 Å². The third-order valence-corrected chi connectivity index (χ3v) is 6.66. The van der Waals surface area contributed by atoms with Gasteiger partial charge in [-0.05, 0) is 56.0 Å². The van der Waals surface area contributed by atoms with Crippen molar-refractivity contribution in [1.82, 2.24) is 19.7 Å². The molecule has 4 rings (SSSR count). The fourth-order valence-electron chi connectivity index (χ4n) is 4.04. The zero-order valence-electron chi connectivity index (χ0n) is 19.0. The molecular weight excluding hydrogens is 455 g/mol. The van der Waals surface area contributed by atoms with E-state index in [0.29, 0.717) is 37.1 Å². The minimum absolute atomic E-state index is 0.125. The molecule has 1 amide bonds. The zero-order chi connectivity index (χ0) is 23.9. The molecule has 0 radical (unpaired) electrons. The number of likely N-dealkylation sites (tertiary alicyclic amines) is 1. The summed E-state index contributed by atoms with van der Waals surface area (Å²) in [7, 11) is 0. The van der Waals surface area contributed by atoms with Crippen LogP contribution in [0.4, 0.5) is 4.39 Å². The summed E-state index contributed by atoms with van der Waals surface area (Å²) in [5.74, 6) is -0.0599. The van der Waals surface area contributed by atoms with Crippen molar-refractivity contribution >= 4 is 23.6 Å². The highest BCUT2D eigenvalue weighted by Crippen LogP contribution is 2.27. The van der Waals surface area contributed by atoms with Crippen molar-refractivity contribution in [2.45, 2.75) is 43.9 Å². The van der Waals surface area contributed by atoms with Gasteiger partial charge in [0.2, 0.25) is 5.91 Å². The highest BCUT2D eigenvalue weighted by Gasteiger charge is 2.33. The molecule has 0 spiro atoms. The second-order valence-electron chi connectivity index (χ2n) is 8.02. The molecule has 9 heteroatoms. The van der Waals surface area contributed by atoms with Gasteiger partial charge in [-0.1, -0.05) is 42.1 Å². The van der Waals surface area contributed by atoms with Crippen molar-refractivity contribution in [2.75, 3.05) is 18.9 Å². The number of aromatic nitrogens is 3. The number of amides is 1. The Hall–Kier alpha value is -3.20. The minimum Gasteiger partial charge on any atom is -0.464 e. The van der Waals surface area contributed by atoms with Gasteiger partial charge in [0.05, 0.1) is 18.9 Å². The standard InChI is InChI=1S/C25H27FN4O3S/c1-2-33-24(32)21-10-6-7-15-29(21)22(31)17-34-25-28-27-23(19-11-13-20(26)14-12-19)30(25)16-18-8-4-3-5-9-18/h3-5,8-9,11-14,21H,2,6-7,10,15-17H2,1H3. The second kappa shape index (κ2) is 11.3. The number of ether oxygens (including phenoxy) is 1. The van der Waals surface area contributed by atoms with Crippen LogP contribution in [-0.4, -0.2) is 56.5 Å². The first-order valence-electron chi connectivity index (χ1n) is 11.4. The lowest BCUT2D eigenvalue weighted by atomic mass is 10.0. The number of hydrogen-bond donors (Lipinski definition) is 0. The molecule has 1 aliphatic rings. The van der Waals surface area contributed by atoms with E-state index in [0.717, 1.165) is 24.0 Å². The number of nitrogens with zero attached hydrogens (tertiary/aromatic N) is 4. The fraction of sp³-hybridized carbons (Fsp3) is 0.360. The Morgan fingerprint density at radius 3 is 2.59 bits per heavy atom. The van der Waals surface area contributed by atoms with E-state index in [2.05, 4.69) is 10.2 Å². The molecule has 1 fully saturated rings. The molecule has 1 aliphatic heterocycles. The Morgan fingerprint density at radius 2 is 1.85 bits per heavy atom. The van der Waals surface area contributed by atoms with Gasteiger partial charge in [-0.3, -0.25) is 9.36 Å². The van der Waals surface area contributed by atoms with E-state index in [1.807, 2.05) is 34.9 Å². The number of halogens is 1. The lowest BCUT2D eigenvalue weighted by molar-refractivity contribution is -0.155. The van der Waals surface area contributed by atoms with Crippen molar-refractivity contribution in [3.8, 4) is 11.4 Å². The smallest absolute Gasteiger partial charge is 0.328 e. The number of esters is 1. The van der Waals surface area contributed by atoms with Gasteiger partial charge < -0.3 is 9.64 Å². The topological polar surface area (TPSA) is 77.3 Å². The van der Waals surface area contributed by atoms with Crippen LogP contribution in [0.25, 0.3) is 11.4 Å². The van der Waals surface area contributed by atoms with Gasteiger partial charge in [0.25, 0.3) is 0 Å². The summed E-state index contributed by atoms with van der Waals surface area (Å²) in [4.78, 5) is 27.1. The maximum Gasteiger partial charge on any atom is 0.328 e. The van der Waals surface area contributed by atoms with E-state index in [-0.39, 0.29) is 23.4 Å². The highest BCUT2D eigenvalue weighted by molar-refractivity contribution is 7.99. The van der Waals surface area contributed by atoms with E-state index in [9.17, 15) is 14.0 Å². The zero-order valence-corrected chi connectivity index (χ0v) is 19.8. The number of carbonyl (C=O) groups excluding carboxylic acids is 2. The van der Waals surface area contributed by atoms with Crippen LogP contribution in [0.1, 0.15) is 31.7 Å². The van der Waals surface area contributed by atoms with Crippen LogP contribution in [-0.2, 0) is 20.9 Å². The third kappa shape index (κ3) is 5.64. The summed E-state index contributed by atoms with van der Waals surface area (Å²) in [5.41, 5.74) is 1.79. The maximum atomic E-state index is 13.5. The van der Waals surface area contributed by atoms with Gasteiger partial charge >= 0.3 is 5.97 Å².